The molecule has 3 aromatic rings. The summed E-state index contributed by atoms with van der Waals surface area (Å²) in [4.78, 5) is 28.2. The second-order valence-electron chi connectivity index (χ2n) is 6.86. The Hall–Kier alpha value is -3.22. The molecule has 146 valence electrons. The van der Waals surface area contributed by atoms with Gasteiger partial charge in [0.15, 0.2) is 5.65 Å². The molecule has 2 heterocycles. The summed E-state index contributed by atoms with van der Waals surface area (Å²) in [6.45, 7) is 4.44. The number of nitrogens with two attached hydrogens (primary N) is 1. The maximum absolute atomic E-state index is 12.2. The van der Waals surface area contributed by atoms with Gasteiger partial charge in [-0.2, -0.15) is 5.10 Å². The Morgan fingerprint density at radius 2 is 1.89 bits per heavy atom. The smallest absolute Gasteiger partial charge is 0.254 e. The van der Waals surface area contributed by atoms with Gasteiger partial charge in [0.1, 0.15) is 5.56 Å². The SMILES string of the molecule is Cc1nc2c(C(N)=O)cnn2c(C)c1CCC(=O)NCCCc1ccccc1. The van der Waals surface area contributed by atoms with Crippen molar-refractivity contribution in [2.45, 2.75) is 39.5 Å². The predicted molar refractivity (Wildman–Crippen MR) is 107 cm³/mol. The van der Waals surface area contributed by atoms with Crippen molar-refractivity contribution in [3.63, 3.8) is 0 Å². The highest BCUT2D eigenvalue weighted by Gasteiger charge is 2.17. The van der Waals surface area contributed by atoms with Gasteiger partial charge in [0.2, 0.25) is 5.91 Å². The van der Waals surface area contributed by atoms with E-state index >= 15 is 0 Å². The molecule has 0 spiro atoms. The summed E-state index contributed by atoms with van der Waals surface area (Å²) in [6, 6.07) is 10.2. The molecule has 7 nitrogen and oxygen atoms in total. The number of primary amides is 1. The first-order valence-electron chi connectivity index (χ1n) is 9.41. The summed E-state index contributed by atoms with van der Waals surface area (Å²) < 4.78 is 1.61. The third-order valence-corrected chi connectivity index (χ3v) is 4.88. The summed E-state index contributed by atoms with van der Waals surface area (Å²) >= 11 is 0. The Morgan fingerprint density at radius 1 is 1.14 bits per heavy atom. The second kappa shape index (κ2) is 8.65. The maximum atomic E-state index is 12.2. The van der Waals surface area contributed by atoms with Crippen LogP contribution in [0.25, 0.3) is 5.65 Å². The number of nitrogens with one attached hydrogen (secondary N) is 1. The van der Waals surface area contributed by atoms with Gasteiger partial charge in [-0.25, -0.2) is 9.50 Å². The van der Waals surface area contributed by atoms with E-state index in [9.17, 15) is 9.59 Å². The summed E-state index contributed by atoms with van der Waals surface area (Å²) in [6.07, 6.45) is 4.23. The molecule has 28 heavy (non-hydrogen) atoms. The number of aryl methyl sites for hydroxylation is 3. The van der Waals surface area contributed by atoms with E-state index in [4.69, 9.17) is 5.73 Å². The average molecular weight is 379 g/mol. The number of hydrogen-bond donors (Lipinski definition) is 2. The highest BCUT2D eigenvalue weighted by atomic mass is 16.1. The molecule has 0 unspecified atom stereocenters. The van der Waals surface area contributed by atoms with Gasteiger partial charge in [-0.05, 0) is 44.2 Å². The number of amides is 2. The molecule has 0 bridgehead atoms. The van der Waals surface area contributed by atoms with E-state index in [-0.39, 0.29) is 5.91 Å². The highest BCUT2D eigenvalue weighted by Crippen LogP contribution is 2.18. The van der Waals surface area contributed by atoms with Crippen molar-refractivity contribution in [1.29, 1.82) is 0 Å². The van der Waals surface area contributed by atoms with E-state index in [0.717, 1.165) is 29.8 Å². The molecule has 0 aliphatic heterocycles. The highest BCUT2D eigenvalue weighted by molar-refractivity contribution is 5.98. The molecule has 2 aromatic heterocycles. The normalized spacial score (nSPS) is 10.9. The minimum Gasteiger partial charge on any atom is -0.365 e. The zero-order chi connectivity index (χ0) is 20.1. The Morgan fingerprint density at radius 3 is 2.61 bits per heavy atom. The van der Waals surface area contributed by atoms with E-state index in [2.05, 4.69) is 27.5 Å². The number of carbonyl (C=O) groups is 2. The van der Waals surface area contributed by atoms with Gasteiger partial charge in [-0.1, -0.05) is 30.3 Å². The first kappa shape index (κ1) is 19.5. The molecule has 7 heteroatoms. The van der Waals surface area contributed by atoms with Crippen LogP contribution in [-0.2, 0) is 17.6 Å². The summed E-state index contributed by atoms with van der Waals surface area (Å²) in [5.41, 5.74) is 10.0. The molecule has 0 radical (unpaired) electrons. The zero-order valence-electron chi connectivity index (χ0n) is 16.2. The van der Waals surface area contributed by atoms with Gasteiger partial charge in [0.05, 0.1) is 6.20 Å². The topological polar surface area (TPSA) is 102 Å². The molecule has 0 aliphatic carbocycles. The van der Waals surface area contributed by atoms with Crippen molar-refractivity contribution in [2.24, 2.45) is 5.73 Å². The fourth-order valence-corrected chi connectivity index (χ4v) is 3.34. The second-order valence-corrected chi connectivity index (χ2v) is 6.86. The first-order chi connectivity index (χ1) is 13.5. The number of hydrogen-bond acceptors (Lipinski definition) is 4. The third kappa shape index (κ3) is 4.36. The number of aromatic nitrogens is 3. The van der Waals surface area contributed by atoms with E-state index in [1.807, 2.05) is 32.0 Å². The molecule has 0 atom stereocenters. The van der Waals surface area contributed by atoms with Gasteiger partial charge in [-0.3, -0.25) is 9.59 Å². The zero-order valence-corrected chi connectivity index (χ0v) is 16.2. The van der Waals surface area contributed by atoms with Gasteiger partial charge in [0.25, 0.3) is 5.91 Å². The van der Waals surface area contributed by atoms with Crippen LogP contribution in [0.4, 0.5) is 0 Å². The Kier molecular flexibility index (Phi) is 6.03. The molecule has 0 saturated carbocycles. The number of fused-ring (bicyclic) bond motifs is 1. The van der Waals surface area contributed by atoms with Crippen LogP contribution in [0.1, 0.15) is 45.7 Å². The largest absolute Gasteiger partial charge is 0.365 e. The van der Waals surface area contributed by atoms with Crippen molar-refractivity contribution < 1.29 is 9.59 Å². The maximum Gasteiger partial charge on any atom is 0.254 e. The van der Waals surface area contributed by atoms with Crippen molar-refractivity contribution >= 4 is 17.5 Å². The number of nitrogens with zero attached hydrogens (tertiary/aromatic N) is 3. The summed E-state index contributed by atoms with van der Waals surface area (Å²) in [7, 11) is 0. The van der Waals surface area contributed by atoms with Crippen LogP contribution >= 0.6 is 0 Å². The van der Waals surface area contributed by atoms with E-state index in [1.54, 1.807) is 4.52 Å². The minimum atomic E-state index is -0.552. The van der Waals surface area contributed by atoms with Crippen molar-refractivity contribution in [3.8, 4) is 0 Å². The molecule has 3 N–H and O–H groups in total. The van der Waals surface area contributed by atoms with Gasteiger partial charge in [-0.15, -0.1) is 0 Å². The van der Waals surface area contributed by atoms with Crippen LogP contribution in [0.15, 0.2) is 36.5 Å². The summed E-state index contributed by atoms with van der Waals surface area (Å²) in [5, 5.41) is 7.19. The van der Waals surface area contributed by atoms with Crippen molar-refractivity contribution in [1.82, 2.24) is 19.9 Å². The van der Waals surface area contributed by atoms with E-state index < -0.39 is 5.91 Å². The standard InChI is InChI=1S/C21H25N5O2/c1-14-17(15(2)26-21(25-14)18(13-24-26)20(22)28)10-11-19(27)23-12-6-9-16-7-4-3-5-8-16/h3-5,7-8,13H,6,9-12H2,1-2H3,(H2,22,28)(H,23,27). The lowest BCUT2D eigenvalue weighted by molar-refractivity contribution is -0.121. The molecule has 0 saturated heterocycles. The lowest BCUT2D eigenvalue weighted by atomic mass is 10.1. The fraction of sp³-hybridized carbons (Fsp3) is 0.333. The van der Waals surface area contributed by atoms with Crippen LogP contribution in [0.2, 0.25) is 0 Å². The van der Waals surface area contributed by atoms with Crippen LogP contribution in [-0.4, -0.2) is 33.0 Å². The van der Waals surface area contributed by atoms with Crippen molar-refractivity contribution in [2.75, 3.05) is 6.54 Å². The molecular formula is C21H25N5O2. The Labute approximate surface area is 164 Å². The number of rotatable bonds is 8. The number of benzene rings is 1. The Bertz CT molecular complexity index is 995. The molecule has 0 aliphatic rings. The summed E-state index contributed by atoms with van der Waals surface area (Å²) in [5.74, 6) is -0.533. The first-order valence-corrected chi connectivity index (χ1v) is 9.41. The van der Waals surface area contributed by atoms with Gasteiger partial charge in [0, 0.05) is 24.4 Å². The van der Waals surface area contributed by atoms with Gasteiger partial charge >= 0.3 is 0 Å². The van der Waals surface area contributed by atoms with Crippen LogP contribution < -0.4 is 11.1 Å². The van der Waals surface area contributed by atoms with Crippen LogP contribution in [0.3, 0.4) is 0 Å². The van der Waals surface area contributed by atoms with Crippen LogP contribution in [0.5, 0.6) is 0 Å². The van der Waals surface area contributed by atoms with Crippen molar-refractivity contribution in [3.05, 3.63) is 64.6 Å². The van der Waals surface area contributed by atoms with E-state index in [0.29, 0.717) is 30.6 Å². The lowest BCUT2D eigenvalue weighted by Crippen LogP contribution is -2.25. The molecular weight excluding hydrogens is 354 g/mol. The molecule has 0 fully saturated rings. The molecule has 1 aromatic carbocycles. The monoisotopic (exact) mass is 379 g/mol. The van der Waals surface area contributed by atoms with Crippen LogP contribution in [0, 0.1) is 13.8 Å². The van der Waals surface area contributed by atoms with E-state index in [1.165, 1.54) is 11.8 Å². The lowest BCUT2D eigenvalue weighted by Gasteiger charge is -2.11. The predicted octanol–water partition coefficient (Wildman–Crippen LogP) is 2.13. The fourth-order valence-electron chi connectivity index (χ4n) is 3.34. The molecule has 3 rings (SSSR count). The Balaban J connectivity index is 1.56. The minimum absolute atomic E-state index is 0.0187. The average Bonchev–Trinajstić information content (AvgIpc) is 3.10. The third-order valence-electron chi connectivity index (χ3n) is 4.88. The number of carbonyl (C=O) groups excluding carboxylic acids is 2. The van der Waals surface area contributed by atoms with Gasteiger partial charge < -0.3 is 11.1 Å². The quantitative estimate of drug-likeness (QED) is 0.585. The molecule has 2 amide bonds.